The van der Waals surface area contributed by atoms with E-state index in [4.69, 9.17) is 0 Å². The van der Waals surface area contributed by atoms with E-state index in [1.807, 2.05) is 10.8 Å². The number of hydrogen-bond donors (Lipinski definition) is 2. The summed E-state index contributed by atoms with van der Waals surface area (Å²) in [7, 11) is 1.73. The Labute approximate surface area is 153 Å². The molecule has 2 N–H and O–H groups in total. The number of anilines is 1. The molecule has 0 aliphatic heterocycles. The Bertz CT molecular complexity index is 731. The molecule has 0 bridgehead atoms. The van der Waals surface area contributed by atoms with Gasteiger partial charge >= 0.3 is 0 Å². The second kappa shape index (κ2) is 8.64. The van der Waals surface area contributed by atoms with Crippen LogP contribution in [0.4, 0.5) is 5.82 Å². The molecular formula is C18H26N6O2. The second-order valence-corrected chi connectivity index (χ2v) is 6.77. The molecule has 2 heterocycles. The zero-order valence-corrected chi connectivity index (χ0v) is 15.1. The van der Waals surface area contributed by atoms with E-state index in [-0.39, 0.29) is 17.7 Å². The minimum atomic E-state index is -0.232. The monoisotopic (exact) mass is 358 g/mol. The predicted molar refractivity (Wildman–Crippen MR) is 97.6 cm³/mol. The zero-order valence-electron chi connectivity index (χ0n) is 15.1. The Kier molecular flexibility index (Phi) is 6.04. The fourth-order valence-electron chi connectivity index (χ4n) is 3.26. The molecule has 3 rings (SSSR count). The van der Waals surface area contributed by atoms with Gasteiger partial charge in [-0.15, -0.1) is 0 Å². The molecule has 2 amide bonds. The predicted octanol–water partition coefficient (Wildman–Crippen LogP) is 1.96. The van der Waals surface area contributed by atoms with Gasteiger partial charge in [0.1, 0.15) is 5.82 Å². The lowest BCUT2D eigenvalue weighted by atomic mass is 9.89. The zero-order chi connectivity index (χ0) is 18.4. The molecule has 0 spiro atoms. The summed E-state index contributed by atoms with van der Waals surface area (Å²) in [5.74, 6) is 0.424. The van der Waals surface area contributed by atoms with Gasteiger partial charge in [0.15, 0.2) is 5.69 Å². The smallest absolute Gasteiger partial charge is 0.271 e. The molecule has 8 heteroatoms. The lowest BCUT2D eigenvalue weighted by Crippen LogP contribution is -2.25. The van der Waals surface area contributed by atoms with Gasteiger partial charge in [-0.05, 0) is 19.3 Å². The van der Waals surface area contributed by atoms with Crippen LogP contribution in [0.2, 0.25) is 0 Å². The lowest BCUT2D eigenvalue weighted by molar-refractivity contribution is -0.120. The first-order valence-corrected chi connectivity index (χ1v) is 9.22. The number of rotatable bonds is 7. The maximum atomic E-state index is 12.4. The molecule has 0 unspecified atom stereocenters. The average molecular weight is 358 g/mol. The molecule has 140 valence electrons. The average Bonchev–Trinajstić information content (AvgIpc) is 3.29. The van der Waals surface area contributed by atoms with Crippen molar-refractivity contribution in [2.45, 2.75) is 45.1 Å². The summed E-state index contributed by atoms with van der Waals surface area (Å²) in [5.41, 5.74) is 0.314. The summed E-state index contributed by atoms with van der Waals surface area (Å²) in [6.07, 6.45) is 11.5. The molecule has 0 radical (unpaired) electrons. The first kappa shape index (κ1) is 18.2. The van der Waals surface area contributed by atoms with Crippen molar-refractivity contribution >= 4 is 17.6 Å². The van der Waals surface area contributed by atoms with E-state index in [0.717, 1.165) is 38.6 Å². The number of nitrogens with zero attached hydrogens (tertiary/aromatic N) is 4. The van der Waals surface area contributed by atoms with Gasteiger partial charge < -0.3 is 15.2 Å². The summed E-state index contributed by atoms with van der Waals surface area (Å²) >= 11 is 0. The summed E-state index contributed by atoms with van der Waals surface area (Å²) in [6, 6.07) is 1.63. The van der Waals surface area contributed by atoms with Crippen LogP contribution in [0.1, 0.15) is 49.0 Å². The maximum absolute atomic E-state index is 12.4. The quantitative estimate of drug-likeness (QED) is 0.740. The van der Waals surface area contributed by atoms with E-state index < -0.39 is 0 Å². The molecule has 0 atom stereocenters. The highest BCUT2D eigenvalue weighted by atomic mass is 16.2. The van der Waals surface area contributed by atoms with Crippen molar-refractivity contribution in [1.82, 2.24) is 24.6 Å². The molecule has 2 aromatic rings. The SMILES string of the molecule is Cn1nc(C(=O)NCCCn2ccnc2)cc1NC(=O)C1CCCCC1. The highest BCUT2D eigenvalue weighted by Crippen LogP contribution is 2.25. The Hall–Kier alpha value is -2.64. The number of imidazole rings is 1. The molecule has 1 aliphatic carbocycles. The van der Waals surface area contributed by atoms with Gasteiger partial charge in [0.25, 0.3) is 5.91 Å². The highest BCUT2D eigenvalue weighted by Gasteiger charge is 2.22. The minimum absolute atomic E-state index is 0.0278. The van der Waals surface area contributed by atoms with Crippen LogP contribution in [0.5, 0.6) is 0 Å². The summed E-state index contributed by atoms with van der Waals surface area (Å²) in [4.78, 5) is 28.6. The van der Waals surface area contributed by atoms with Crippen molar-refractivity contribution < 1.29 is 9.59 Å². The van der Waals surface area contributed by atoms with Crippen LogP contribution < -0.4 is 10.6 Å². The normalized spacial score (nSPS) is 15.0. The van der Waals surface area contributed by atoms with E-state index in [9.17, 15) is 9.59 Å². The van der Waals surface area contributed by atoms with E-state index in [2.05, 4.69) is 20.7 Å². The van der Waals surface area contributed by atoms with Gasteiger partial charge in [-0.25, -0.2) is 4.98 Å². The molecular weight excluding hydrogens is 332 g/mol. The molecule has 1 fully saturated rings. The largest absolute Gasteiger partial charge is 0.351 e. The number of amides is 2. The Morgan fingerprint density at radius 2 is 2.08 bits per heavy atom. The fraction of sp³-hybridized carbons (Fsp3) is 0.556. The van der Waals surface area contributed by atoms with E-state index in [0.29, 0.717) is 18.1 Å². The molecule has 0 saturated heterocycles. The van der Waals surface area contributed by atoms with Crippen molar-refractivity contribution in [3.63, 3.8) is 0 Å². The van der Waals surface area contributed by atoms with Gasteiger partial charge in [0, 0.05) is 44.5 Å². The topological polar surface area (TPSA) is 93.8 Å². The summed E-state index contributed by atoms with van der Waals surface area (Å²) in [6.45, 7) is 1.35. The van der Waals surface area contributed by atoms with Gasteiger partial charge in [0.2, 0.25) is 5.91 Å². The van der Waals surface area contributed by atoms with Crippen LogP contribution in [0.3, 0.4) is 0 Å². The number of aryl methyl sites for hydroxylation is 2. The molecule has 1 aliphatic rings. The third kappa shape index (κ3) is 4.71. The summed E-state index contributed by atoms with van der Waals surface area (Å²) in [5, 5.41) is 9.98. The van der Waals surface area contributed by atoms with Crippen LogP contribution in [-0.4, -0.2) is 37.7 Å². The van der Waals surface area contributed by atoms with Crippen LogP contribution in [0, 0.1) is 5.92 Å². The van der Waals surface area contributed by atoms with Crippen molar-refractivity contribution in [3.05, 3.63) is 30.5 Å². The minimum Gasteiger partial charge on any atom is -0.351 e. The molecule has 8 nitrogen and oxygen atoms in total. The molecule has 0 aromatic carbocycles. The standard InChI is InChI=1S/C18H26N6O2/c1-23-16(21-17(25)14-6-3-2-4-7-14)12-15(22-23)18(26)20-8-5-10-24-11-9-19-13-24/h9,11-14H,2-8,10H2,1H3,(H,20,26)(H,21,25). The molecule has 2 aromatic heterocycles. The second-order valence-electron chi connectivity index (χ2n) is 6.77. The highest BCUT2D eigenvalue weighted by molar-refractivity contribution is 5.96. The van der Waals surface area contributed by atoms with E-state index >= 15 is 0 Å². The lowest BCUT2D eigenvalue weighted by Gasteiger charge is -2.20. The van der Waals surface area contributed by atoms with Crippen molar-refractivity contribution in [2.75, 3.05) is 11.9 Å². The van der Waals surface area contributed by atoms with Crippen LogP contribution in [0.25, 0.3) is 0 Å². The number of nitrogens with one attached hydrogen (secondary N) is 2. The third-order valence-electron chi connectivity index (χ3n) is 4.78. The third-order valence-corrected chi connectivity index (χ3v) is 4.78. The fourth-order valence-corrected chi connectivity index (χ4v) is 3.26. The number of hydrogen-bond acceptors (Lipinski definition) is 4. The van der Waals surface area contributed by atoms with Gasteiger partial charge in [-0.2, -0.15) is 5.10 Å². The van der Waals surface area contributed by atoms with Gasteiger partial charge in [0.05, 0.1) is 6.33 Å². The maximum Gasteiger partial charge on any atom is 0.271 e. The number of carbonyl (C=O) groups excluding carboxylic acids is 2. The van der Waals surface area contributed by atoms with E-state index in [1.165, 1.54) is 6.42 Å². The van der Waals surface area contributed by atoms with Crippen LogP contribution in [-0.2, 0) is 18.4 Å². The van der Waals surface area contributed by atoms with E-state index in [1.54, 1.807) is 30.3 Å². The van der Waals surface area contributed by atoms with Gasteiger partial charge in [-0.1, -0.05) is 19.3 Å². The Balaban J connectivity index is 1.48. The van der Waals surface area contributed by atoms with Crippen molar-refractivity contribution in [3.8, 4) is 0 Å². The Morgan fingerprint density at radius 1 is 1.27 bits per heavy atom. The Morgan fingerprint density at radius 3 is 2.81 bits per heavy atom. The number of carbonyl (C=O) groups is 2. The van der Waals surface area contributed by atoms with Crippen LogP contribution in [0.15, 0.2) is 24.8 Å². The first-order chi connectivity index (χ1) is 12.6. The van der Waals surface area contributed by atoms with Gasteiger partial charge in [-0.3, -0.25) is 14.3 Å². The molecule has 1 saturated carbocycles. The first-order valence-electron chi connectivity index (χ1n) is 9.22. The number of aromatic nitrogens is 4. The van der Waals surface area contributed by atoms with Crippen molar-refractivity contribution in [1.29, 1.82) is 0 Å². The molecule has 26 heavy (non-hydrogen) atoms. The van der Waals surface area contributed by atoms with Crippen LogP contribution >= 0.6 is 0 Å². The summed E-state index contributed by atoms with van der Waals surface area (Å²) < 4.78 is 3.51. The van der Waals surface area contributed by atoms with Crippen molar-refractivity contribution in [2.24, 2.45) is 13.0 Å².